The molecule has 156 valence electrons. The van der Waals surface area contributed by atoms with Crippen LogP contribution in [0.25, 0.3) is 0 Å². The zero-order chi connectivity index (χ0) is 21.3. The van der Waals surface area contributed by atoms with E-state index in [1.807, 2.05) is 30.3 Å². The van der Waals surface area contributed by atoms with E-state index in [-0.39, 0.29) is 23.8 Å². The lowest BCUT2D eigenvalue weighted by molar-refractivity contribution is -0.159. The lowest BCUT2D eigenvalue weighted by Gasteiger charge is -2.49. The third kappa shape index (κ3) is 4.61. The molecule has 2 aliphatic heterocycles. The second kappa shape index (κ2) is 8.39. The second-order valence-corrected chi connectivity index (χ2v) is 10.0. The Hall–Kier alpha value is -2.00. The van der Waals surface area contributed by atoms with Crippen LogP contribution in [0, 0.1) is 0 Å². The van der Waals surface area contributed by atoms with Crippen molar-refractivity contribution in [1.29, 1.82) is 0 Å². The average molecular weight is 483 g/mol. The Kier molecular flexibility index (Phi) is 6.28. The number of rotatable bonds is 5. The zero-order valence-corrected chi connectivity index (χ0v) is 18.8. The number of hydrogen-bond donors (Lipinski definition) is 1. The van der Waals surface area contributed by atoms with Crippen molar-refractivity contribution in [1.82, 2.24) is 10.2 Å². The predicted octanol–water partition coefficient (Wildman–Crippen LogP) is 1.64. The number of hydrogen-bond acceptors (Lipinski definition) is 5. The summed E-state index contributed by atoms with van der Waals surface area (Å²) in [4.78, 5) is 39.1. The number of alkyl halides is 1. The third-order valence-corrected chi connectivity index (χ3v) is 6.81. The number of benzene rings is 1. The maximum atomic E-state index is 12.8. The fourth-order valence-electron chi connectivity index (χ4n) is 3.28. The van der Waals surface area contributed by atoms with Crippen LogP contribution in [0.15, 0.2) is 41.6 Å². The molecule has 1 aromatic rings. The smallest absolute Gasteiger partial charge is 0.355 e. The van der Waals surface area contributed by atoms with Crippen LogP contribution in [0.2, 0.25) is 0 Å². The molecule has 0 bridgehead atoms. The number of carbonyl (C=O) groups excluding carboxylic acids is 3. The van der Waals surface area contributed by atoms with E-state index in [1.165, 1.54) is 4.90 Å². The summed E-state index contributed by atoms with van der Waals surface area (Å²) in [6.45, 7) is 5.22. The van der Waals surface area contributed by atoms with Crippen molar-refractivity contribution < 1.29 is 23.3 Å². The Morgan fingerprint density at radius 2 is 1.93 bits per heavy atom. The Labute approximate surface area is 180 Å². The number of nitrogens with one attached hydrogen (secondary N) is 1. The van der Waals surface area contributed by atoms with Crippen LogP contribution in [0.1, 0.15) is 26.3 Å². The van der Waals surface area contributed by atoms with Gasteiger partial charge in [0.1, 0.15) is 22.7 Å². The monoisotopic (exact) mass is 482 g/mol. The van der Waals surface area contributed by atoms with Crippen LogP contribution in [0.5, 0.6) is 0 Å². The summed E-state index contributed by atoms with van der Waals surface area (Å²) < 4.78 is 18.2. The average Bonchev–Trinajstić information content (AvgIpc) is 2.64. The molecule has 3 atom stereocenters. The highest BCUT2D eigenvalue weighted by Crippen LogP contribution is 2.36. The summed E-state index contributed by atoms with van der Waals surface area (Å²) in [7, 11) is -1.44. The van der Waals surface area contributed by atoms with Gasteiger partial charge < -0.3 is 10.1 Å². The molecule has 2 amide bonds. The summed E-state index contributed by atoms with van der Waals surface area (Å²) in [6, 6.07) is 8.23. The summed E-state index contributed by atoms with van der Waals surface area (Å²) >= 11 is 3.30. The van der Waals surface area contributed by atoms with Gasteiger partial charge in [-0.2, -0.15) is 0 Å². The zero-order valence-electron chi connectivity index (χ0n) is 16.4. The minimum absolute atomic E-state index is 0.116. The number of esters is 1. The van der Waals surface area contributed by atoms with Crippen molar-refractivity contribution in [2.45, 2.75) is 44.2 Å². The molecule has 0 aromatic heterocycles. The first-order chi connectivity index (χ1) is 13.6. The minimum Gasteiger partial charge on any atom is -0.455 e. The van der Waals surface area contributed by atoms with Gasteiger partial charge in [-0.25, -0.2) is 4.79 Å². The van der Waals surface area contributed by atoms with E-state index in [1.54, 1.807) is 20.8 Å². The minimum atomic E-state index is -1.44. The first-order valence-corrected chi connectivity index (χ1v) is 11.7. The van der Waals surface area contributed by atoms with Crippen LogP contribution in [0.3, 0.4) is 0 Å². The van der Waals surface area contributed by atoms with Crippen LogP contribution in [-0.4, -0.2) is 55.0 Å². The normalized spacial score (nSPS) is 23.9. The van der Waals surface area contributed by atoms with Crippen molar-refractivity contribution in [3.05, 3.63) is 47.2 Å². The molecule has 0 aliphatic carbocycles. The molecule has 0 spiro atoms. The SMILES string of the molecule is CC(C)(C)OC(=O)C1=C(CBr)CS(=O)C2C(NC(=O)Cc3ccccc3)C(=O)N12. The van der Waals surface area contributed by atoms with E-state index in [2.05, 4.69) is 21.2 Å². The topological polar surface area (TPSA) is 92.8 Å². The molecule has 1 N–H and O–H groups in total. The van der Waals surface area contributed by atoms with Crippen molar-refractivity contribution >= 4 is 44.5 Å². The van der Waals surface area contributed by atoms with Crippen LogP contribution < -0.4 is 5.32 Å². The van der Waals surface area contributed by atoms with Gasteiger partial charge >= 0.3 is 5.97 Å². The fourth-order valence-corrected chi connectivity index (χ4v) is 5.69. The van der Waals surface area contributed by atoms with Crippen molar-refractivity contribution in [3.63, 3.8) is 0 Å². The Morgan fingerprint density at radius 1 is 1.28 bits per heavy atom. The number of halogens is 1. The number of nitrogens with zero attached hydrogens (tertiary/aromatic N) is 1. The van der Waals surface area contributed by atoms with Gasteiger partial charge in [-0.1, -0.05) is 46.3 Å². The van der Waals surface area contributed by atoms with Gasteiger partial charge in [-0.15, -0.1) is 0 Å². The molecule has 1 aromatic carbocycles. The molecule has 1 saturated heterocycles. The maximum absolute atomic E-state index is 12.8. The molecule has 7 nitrogen and oxygen atoms in total. The molecule has 0 radical (unpaired) electrons. The van der Waals surface area contributed by atoms with Gasteiger partial charge in [0.05, 0.1) is 23.0 Å². The molecular formula is C20H23BrN2O5S. The Balaban J connectivity index is 1.78. The summed E-state index contributed by atoms with van der Waals surface area (Å²) in [5, 5.41) is 2.20. The van der Waals surface area contributed by atoms with Crippen LogP contribution in [-0.2, 0) is 36.3 Å². The first kappa shape index (κ1) is 21.7. The quantitative estimate of drug-likeness (QED) is 0.391. The van der Waals surface area contributed by atoms with Crippen molar-refractivity contribution in [3.8, 4) is 0 Å². The lowest BCUT2D eigenvalue weighted by Crippen LogP contribution is -2.73. The standard InChI is InChI=1S/C20H23BrN2O5S/c1-20(2,3)28-19(26)16-13(10-21)11-29(27)18-15(17(25)23(16)18)22-14(24)9-12-7-5-4-6-8-12/h4-8,15,18H,9-11H2,1-3H3,(H,22,24). The number of amides is 2. The van der Waals surface area contributed by atoms with E-state index >= 15 is 0 Å². The van der Waals surface area contributed by atoms with Gasteiger partial charge in [0.25, 0.3) is 5.91 Å². The molecule has 9 heteroatoms. The first-order valence-electron chi connectivity index (χ1n) is 9.17. The van der Waals surface area contributed by atoms with Crippen LogP contribution >= 0.6 is 15.9 Å². The lowest BCUT2D eigenvalue weighted by atomic mass is 10.0. The van der Waals surface area contributed by atoms with Gasteiger partial charge in [-0.3, -0.25) is 18.7 Å². The van der Waals surface area contributed by atoms with E-state index in [9.17, 15) is 18.6 Å². The third-order valence-electron chi connectivity index (χ3n) is 4.48. The molecule has 29 heavy (non-hydrogen) atoms. The summed E-state index contributed by atoms with van der Waals surface area (Å²) in [5.41, 5.74) is 0.760. The second-order valence-electron chi connectivity index (χ2n) is 7.92. The Bertz CT molecular complexity index is 894. The van der Waals surface area contributed by atoms with E-state index in [0.717, 1.165) is 5.56 Å². The number of fused-ring (bicyclic) bond motifs is 1. The van der Waals surface area contributed by atoms with Gasteiger partial charge in [0, 0.05) is 5.33 Å². The molecule has 2 aliphatic rings. The van der Waals surface area contributed by atoms with E-state index in [4.69, 9.17) is 4.74 Å². The largest absolute Gasteiger partial charge is 0.455 e. The number of β-lactam (4-membered cyclic amide) rings is 1. The maximum Gasteiger partial charge on any atom is 0.355 e. The molecule has 3 unspecified atom stereocenters. The highest BCUT2D eigenvalue weighted by molar-refractivity contribution is 9.09. The van der Waals surface area contributed by atoms with Gasteiger partial charge in [0.15, 0.2) is 0 Å². The number of ether oxygens (including phenoxy) is 1. The summed E-state index contributed by atoms with van der Waals surface area (Å²) in [6.07, 6.45) is 0.116. The Morgan fingerprint density at radius 3 is 2.52 bits per heavy atom. The van der Waals surface area contributed by atoms with Gasteiger partial charge in [0.2, 0.25) is 5.91 Å². The summed E-state index contributed by atoms with van der Waals surface area (Å²) in [5.74, 6) is -1.28. The molecule has 3 rings (SSSR count). The highest BCUT2D eigenvalue weighted by atomic mass is 79.9. The molecule has 1 fully saturated rings. The fraction of sp³-hybridized carbons (Fsp3) is 0.450. The van der Waals surface area contributed by atoms with Crippen LogP contribution in [0.4, 0.5) is 0 Å². The number of carbonyl (C=O) groups is 3. The van der Waals surface area contributed by atoms with Crippen molar-refractivity contribution in [2.24, 2.45) is 0 Å². The van der Waals surface area contributed by atoms with Gasteiger partial charge in [-0.05, 0) is 31.9 Å². The predicted molar refractivity (Wildman–Crippen MR) is 112 cm³/mol. The molecule has 2 heterocycles. The highest BCUT2D eigenvalue weighted by Gasteiger charge is 2.57. The van der Waals surface area contributed by atoms with E-state index in [0.29, 0.717) is 10.9 Å². The van der Waals surface area contributed by atoms with Crippen molar-refractivity contribution in [2.75, 3.05) is 11.1 Å². The molecule has 0 saturated carbocycles. The molecular weight excluding hydrogens is 460 g/mol. The van der Waals surface area contributed by atoms with E-state index < -0.39 is 39.7 Å².